The van der Waals surface area contributed by atoms with Crippen LogP contribution in [-0.4, -0.2) is 47.6 Å². The molecule has 0 saturated heterocycles. The molecule has 3 unspecified atom stereocenters. The van der Waals surface area contributed by atoms with Crippen LogP contribution in [0.2, 0.25) is 0 Å². The number of nitrogens with one attached hydrogen (secondary N) is 1. The number of benzene rings is 3. The lowest BCUT2D eigenvalue weighted by Crippen LogP contribution is -2.55. The Morgan fingerprint density at radius 2 is 1.52 bits per heavy atom. The molecule has 3 aromatic carbocycles. The Balaban J connectivity index is 1.73. The molecule has 0 aromatic heterocycles. The van der Waals surface area contributed by atoms with Gasteiger partial charge in [0.15, 0.2) is 0 Å². The van der Waals surface area contributed by atoms with Crippen molar-refractivity contribution in [2.24, 2.45) is 28.0 Å². The molecular formula is C38H48N4O2. The van der Waals surface area contributed by atoms with Crippen LogP contribution in [0.5, 0.6) is 0 Å². The zero-order valence-electron chi connectivity index (χ0n) is 26.9. The second kappa shape index (κ2) is 15.1. The van der Waals surface area contributed by atoms with E-state index in [0.717, 1.165) is 29.8 Å². The first-order chi connectivity index (χ1) is 21.1. The van der Waals surface area contributed by atoms with Crippen molar-refractivity contribution in [2.45, 2.75) is 66.0 Å². The smallest absolute Gasteiger partial charge is 0.254 e. The van der Waals surface area contributed by atoms with Crippen molar-refractivity contribution < 1.29 is 9.59 Å². The Morgan fingerprint density at radius 1 is 0.932 bits per heavy atom. The van der Waals surface area contributed by atoms with E-state index < -0.39 is 6.04 Å². The number of hydrogen-bond donors (Lipinski definition) is 2. The summed E-state index contributed by atoms with van der Waals surface area (Å²) >= 11 is 0. The fourth-order valence-corrected chi connectivity index (χ4v) is 5.86. The van der Waals surface area contributed by atoms with Crippen molar-refractivity contribution in [1.82, 2.24) is 10.2 Å². The number of hydrogen-bond acceptors (Lipinski definition) is 4. The van der Waals surface area contributed by atoms with Gasteiger partial charge in [-0.1, -0.05) is 120 Å². The summed E-state index contributed by atoms with van der Waals surface area (Å²) in [7, 11) is 0. The van der Waals surface area contributed by atoms with Crippen LogP contribution in [0.1, 0.15) is 68.9 Å². The summed E-state index contributed by atoms with van der Waals surface area (Å²) in [4.78, 5) is 34.3. The summed E-state index contributed by atoms with van der Waals surface area (Å²) in [6.07, 6.45) is 4.51. The number of allylic oxidation sites excluding steroid dienone is 1. The summed E-state index contributed by atoms with van der Waals surface area (Å²) in [6.45, 7) is 11.3. The number of carbonyl (C=O) groups excluding carboxylic acids is 2. The molecule has 1 aliphatic rings. The maximum Gasteiger partial charge on any atom is 0.254 e. The fourth-order valence-electron chi connectivity index (χ4n) is 5.86. The molecule has 6 nitrogen and oxygen atoms in total. The van der Waals surface area contributed by atoms with Crippen LogP contribution >= 0.6 is 0 Å². The number of carbonyl (C=O) groups is 2. The van der Waals surface area contributed by atoms with E-state index in [-0.39, 0.29) is 35.1 Å². The van der Waals surface area contributed by atoms with Gasteiger partial charge >= 0.3 is 0 Å². The van der Waals surface area contributed by atoms with Gasteiger partial charge in [0.2, 0.25) is 5.91 Å². The van der Waals surface area contributed by atoms with E-state index in [2.05, 4.69) is 68.6 Å². The predicted molar refractivity (Wildman–Crippen MR) is 181 cm³/mol. The Labute approximate surface area is 263 Å². The van der Waals surface area contributed by atoms with Crippen LogP contribution in [0.4, 0.5) is 0 Å². The molecular weight excluding hydrogens is 544 g/mol. The van der Waals surface area contributed by atoms with Crippen molar-refractivity contribution >= 4 is 23.2 Å². The van der Waals surface area contributed by atoms with Crippen LogP contribution in [0.3, 0.4) is 0 Å². The molecule has 232 valence electrons. The summed E-state index contributed by atoms with van der Waals surface area (Å²) < 4.78 is 0. The van der Waals surface area contributed by atoms with E-state index in [1.165, 1.54) is 5.56 Å². The van der Waals surface area contributed by atoms with E-state index in [9.17, 15) is 9.59 Å². The zero-order valence-corrected chi connectivity index (χ0v) is 26.9. The predicted octanol–water partition coefficient (Wildman–Crippen LogP) is 6.78. The molecule has 3 N–H and O–H groups in total. The summed E-state index contributed by atoms with van der Waals surface area (Å²) in [6, 6.07) is 29.4. The fraction of sp³-hybridized carbons (Fsp3) is 0.395. The number of nitrogens with zero attached hydrogens (tertiary/aromatic N) is 2. The molecule has 1 heterocycles. The van der Waals surface area contributed by atoms with E-state index in [1.54, 1.807) is 0 Å². The summed E-state index contributed by atoms with van der Waals surface area (Å²) in [5.74, 6) is -0.0173. The lowest BCUT2D eigenvalue weighted by Gasteiger charge is -2.44. The Hall–Kier alpha value is -4.03. The van der Waals surface area contributed by atoms with Crippen LogP contribution in [0, 0.1) is 17.3 Å². The third-order valence-electron chi connectivity index (χ3n) is 8.25. The minimum absolute atomic E-state index is 0.0345. The average molecular weight is 593 g/mol. The molecule has 0 radical (unpaired) electrons. The third-order valence-corrected chi connectivity index (χ3v) is 8.25. The highest BCUT2D eigenvalue weighted by Gasteiger charge is 2.41. The van der Waals surface area contributed by atoms with Crippen LogP contribution in [-0.2, 0) is 11.2 Å². The summed E-state index contributed by atoms with van der Waals surface area (Å²) in [5.41, 5.74) is 10.7. The van der Waals surface area contributed by atoms with Crippen LogP contribution in [0.15, 0.2) is 102 Å². The SMILES string of the molecule is CC(C)C(N)C(=O)NCCCN(C(=O)c1ccccc1)C(C1=NC(c2ccccc2)=CCC1Cc1ccccc1)C(C)(C)C. The van der Waals surface area contributed by atoms with Gasteiger partial charge in [-0.2, -0.15) is 0 Å². The van der Waals surface area contributed by atoms with E-state index in [4.69, 9.17) is 10.7 Å². The highest BCUT2D eigenvalue weighted by Crippen LogP contribution is 2.36. The van der Waals surface area contributed by atoms with Crippen molar-refractivity contribution in [3.05, 3.63) is 114 Å². The Kier molecular flexibility index (Phi) is 11.3. The number of aliphatic imine (C=N–C) groups is 1. The van der Waals surface area contributed by atoms with Crippen LogP contribution < -0.4 is 11.1 Å². The van der Waals surface area contributed by atoms with Gasteiger partial charge in [-0.15, -0.1) is 0 Å². The van der Waals surface area contributed by atoms with Gasteiger partial charge in [-0.25, -0.2) is 0 Å². The number of rotatable bonds is 12. The molecule has 0 spiro atoms. The summed E-state index contributed by atoms with van der Waals surface area (Å²) in [5, 5.41) is 2.98. The molecule has 0 saturated carbocycles. The van der Waals surface area contributed by atoms with Crippen LogP contribution in [0.25, 0.3) is 5.70 Å². The van der Waals surface area contributed by atoms with Gasteiger partial charge in [0, 0.05) is 30.3 Å². The highest BCUT2D eigenvalue weighted by molar-refractivity contribution is 6.03. The molecule has 2 amide bonds. The van der Waals surface area contributed by atoms with Gasteiger partial charge in [0.05, 0.1) is 17.8 Å². The Morgan fingerprint density at radius 3 is 2.11 bits per heavy atom. The van der Waals surface area contributed by atoms with Gasteiger partial charge < -0.3 is 16.0 Å². The maximum absolute atomic E-state index is 14.4. The maximum atomic E-state index is 14.4. The number of amides is 2. The monoisotopic (exact) mass is 592 g/mol. The minimum atomic E-state index is -0.557. The normalized spacial score (nSPS) is 16.5. The van der Waals surface area contributed by atoms with Crippen molar-refractivity contribution in [1.29, 1.82) is 0 Å². The largest absolute Gasteiger partial charge is 0.355 e. The molecule has 1 aliphatic heterocycles. The molecule has 3 aromatic rings. The van der Waals surface area contributed by atoms with Gasteiger partial charge in [0.25, 0.3) is 5.91 Å². The highest BCUT2D eigenvalue weighted by atomic mass is 16.2. The average Bonchev–Trinajstić information content (AvgIpc) is 3.02. The quantitative estimate of drug-likeness (QED) is 0.227. The standard InChI is InChI=1S/C38H48N4O2/c1-27(2)33(39)36(43)40-24-15-25-42(37(44)30-20-13-8-14-21-30)35(38(3,4)5)34-31(26-28-16-9-6-10-17-28)22-23-32(41-34)29-18-11-7-12-19-29/h6-14,16-21,23,27,31,33,35H,15,22,24-26,39H2,1-5H3,(H,40,43). The second-order valence-electron chi connectivity index (χ2n) is 13.2. The second-order valence-corrected chi connectivity index (χ2v) is 13.2. The van der Waals surface area contributed by atoms with E-state index in [1.807, 2.05) is 73.3 Å². The van der Waals surface area contributed by atoms with Gasteiger partial charge in [-0.05, 0) is 53.9 Å². The number of nitrogens with two attached hydrogens (primary N) is 1. The molecule has 6 heteroatoms. The molecule has 0 fully saturated rings. The van der Waals surface area contributed by atoms with Crippen molar-refractivity contribution in [3.63, 3.8) is 0 Å². The topological polar surface area (TPSA) is 87.8 Å². The van der Waals surface area contributed by atoms with Crippen molar-refractivity contribution in [2.75, 3.05) is 13.1 Å². The lowest BCUT2D eigenvalue weighted by atomic mass is 9.75. The Bertz CT molecular complexity index is 1430. The zero-order chi connectivity index (χ0) is 31.7. The molecule has 44 heavy (non-hydrogen) atoms. The minimum Gasteiger partial charge on any atom is -0.355 e. The molecule has 0 bridgehead atoms. The van der Waals surface area contributed by atoms with Crippen molar-refractivity contribution in [3.8, 4) is 0 Å². The first kappa shape index (κ1) is 32.9. The lowest BCUT2D eigenvalue weighted by molar-refractivity contribution is -0.123. The molecule has 4 rings (SSSR count). The van der Waals surface area contributed by atoms with E-state index >= 15 is 0 Å². The first-order valence-corrected chi connectivity index (χ1v) is 15.8. The third kappa shape index (κ3) is 8.54. The van der Waals surface area contributed by atoms with Gasteiger partial charge in [0.1, 0.15) is 0 Å². The molecule has 3 atom stereocenters. The molecule has 0 aliphatic carbocycles. The van der Waals surface area contributed by atoms with E-state index in [0.29, 0.717) is 25.1 Å². The van der Waals surface area contributed by atoms with Gasteiger partial charge in [-0.3, -0.25) is 14.6 Å². The first-order valence-electron chi connectivity index (χ1n) is 15.8.